The summed E-state index contributed by atoms with van der Waals surface area (Å²) in [6.07, 6.45) is 1.03. The van der Waals surface area contributed by atoms with Gasteiger partial charge in [0.05, 0.1) is 11.7 Å². The van der Waals surface area contributed by atoms with E-state index in [2.05, 4.69) is 26.1 Å². The molecule has 2 atom stereocenters. The molecule has 2 heterocycles. The van der Waals surface area contributed by atoms with Crippen molar-refractivity contribution in [3.8, 4) is 0 Å². The average Bonchev–Trinajstić information content (AvgIpc) is 3.12. The number of nitrogens with zero attached hydrogens (tertiary/aromatic N) is 2. The zero-order chi connectivity index (χ0) is 21.0. The molecule has 9 nitrogen and oxygen atoms in total. The number of hydrogen-bond acceptors (Lipinski definition) is 7. The molecule has 2 unspecified atom stereocenters. The van der Waals surface area contributed by atoms with Gasteiger partial charge in [-0.25, -0.2) is 4.79 Å². The van der Waals surface area contributed by atoms with Gasteiger partial charge in [-0.15, -0.1) is 10.2 Å². The van der Waals surface area contributed by atoms with Crippen molar-refractivity contribution in [2.24, 2.45) is 5.92 Å². The van der Waals surface area contributed by atoms with Crippen LogP contribution in [0.25, 0.3) is 0 Å². The Morgan fingerprint density at radius 3 is 2.83 bits per heavy atom. The number of carbonyl (C=O) groups excluding carboxylic acids is 3. The first-order chi connectivity index (χ1) is 13.9. The second-order valence-corrected chi connectivity index (χ2v) is 7.75. The highest BCUT2D eigenvalue weighted by atomic mass is 32.2. The van der Waals surface area contributed by atoms with Crippen LogP contribution in [0.15, 0.2) is 27.8 Å². The van der Waals surface area contributed by atoms with Gasteiger partial charge in [0.15, 0.2) is 0 Å². The zero-order valence-corrected chi connectivity index (χ0v) is 17.3. The van der Waals surface area contributed by atoms with E-state index in [1.807, 2.05) is 32.0 Å². The molecular formula is C19H23N5O4S. The Hall–Kier alpha value is -2.88. The summed E-state index contributed by atoms with van der Waals surface area (Å²) in [5.74, 6) is -0.638. The predicted molar refractivity (Wildman–Crippen MR) is 108 cm³/mol. The number of urea groups is 1. The number of hydrogen-bond donors (Lipinski definition) is 3. The van der Waals surface area contributed by atoms with E-state index < -0.39 is 11.9 Å². The minimum Gasteiger partial charge on any atom is -0.416 e. The lowest BCUT2D eigenvalue weighted by Gasteiger charge is -2.27. The molecule has 0 spiro atoms. The highest BCUT2D eigenvalue weighted by molar-refractivity contribution is 7.99. The van der Waals surface area contributed by atoms with Gasteiger partial charge in [-0.05, 0) is 31.4 Å². The molecule has 154 valence electrons. The maximum absolute atomic E-state index is 12.3. The maximum Gasteiger partial charge on any atom is 0.321 e. The fourth-order valence-corrected chi connectivity index (χ4v) is 3.70. The van der Waals surface area contributed by atoms with Crippen LogP contribution in [0.5, 0.6) is 0 Å². The molecule has 1 fully saturated rings. The largest absolute Gasteiger partial charge is 0.416 e. The average molecular weight is 417 g/mol. The molecule has 1 aliphatic rings. The molecule has 4 amide bonds. The molecule has 1 saturated heterocycles. The van der Waals surface area contributed by atoms with E-state index >= 15 is 0 Å². The molecule has 0 bridgehead atoms. The van der Waals surface area contributed by atoms with Gasteiger partial charge in [-0.3, -0.25) is 14.9 Å². The lowest BCUT2D eigenvalue weighted by molar-refractivity contribution is -0.125. The normalized spacial score (nSPS) is 18.9. The number of benzene rings is 1. The third-order valence-corrected chi connectivity index (χ3v) is 5.53. The Labute approximate surface area is 172 Å². The summed E-state index contributed by atoms with van der Waals surface area (Å²) in [6, 6.07) is 5.07. The SMILES string of the molecule is CCc1cccc(C)c1NC(=O)CSc1nnc(CC2C(=O)NC(=O)NC2C)o1. The van der Waals surface area contributed by atoms with Crippen LogP contribution in [-0.2, 0) is 22.4 Å². The van der Waals surface area contributed by atoms with Crippen molar-refractivity contribution in [2.75, 3.05) is 11.1 Å². The van der Waals surface area contributed by atoms with Crippen molar-refractivity contribution < 1.29 is 18.8 Å². The van der Waals surface area contributed by atoms with Gasteiger partial charge in [0.1, 0.15) is 0 Å². The van der Waals surface area contributed by atoms with E-state index in [0.717, 1.165) is 35.0 Å². The van der Waals surface area contributed by atoms with Crippen LogP contribution < -0.4 is 16.0 Å². The highest BCUT2D eigenvalue weighted by Gasteiger charge is 2.34. The molecule has 10 heteroatoms. The van der Waals surface area contributed by atoms with Gasteiger partial charge < -0.3 is 15.1 Å². The molecule has 1 aliphatic heterocycles. The van der Waals surface area contributed by atoms with E-state index in [0.29, 0.717) is 0 Å². The molecule has 0 aliphatic carbocycles. The Balaban J connectivity index is 1.55. The van der Waals surface area contributed by atoms with Crippen LogP contribution in [0, 0.1) is 12.8 Å². The van der Waals surface area contributed by atoms with Crippen LogP contribution in [0.2, 0.25) is 0 Å². The lowest BCUT2D eigenvalue weighted by atomic mass is 9.95. The molecule has 1 aromatic carbocycles. The predicted octanol–water partition coefficient (Wildman–Crippen LogP) is 2.06. The summed E-state index contributed by atoms with van der Waals surface area (Å²) < 4.78 is 5.55. The molecule has 0 radical (unpaired) electrons. The summed E-state index contributed by atoms with van der Waals surface area (Å²) in [5, 5.41) is 15.9. The molecule has 29 heavy (non-hydrogen) atoms. The third kappa shape index (κ3) is 5.14. The fraction of sp³-hybridized carbons (Fsp3) is 0.421. The van der Waals surface area contributed by atoms with Crippen molar-refractivity contribution in [2.45, 2.75) is 44.9 Å². The standard InChI is InChI=1S/C19H23N5O4S/c1-4-12-7-5-6-10(2)16(12)21-14(25)9-29-19-24-23-15(28-19)8-13-11(3)20-18(27)22-17(13)26/h5-7,11,13H,4,8-9H2,1-3H3,(H,21,25)(H2,20,22,26,27). The first kappa shape index (κ1) is 20.8. The van der Waals surface area contributed by atoms with Gasteiger partial charge in [0.2, 0.25) is 17.7 Å². The van der Waals surface area contributed by atoms with Gasteiger partial charge in [0.25, 0.3) is 5.22 Å². The van der Waals surface area contributed by atoms with Crippen molar-refractivity contribution >= 4 is 35.3 Å². The van der Waals surface area contributed by atoms with Crippen molar-refractivity contribution in [3.05, 3.63) is 35.2 Å². The number of rotatable bonds is 7. The summed E-state index contributed by atoms with van der Waals surface area (Å²) in [7, 11) is 0. The summed E-state index contributed by atoms with van der Waals surface area (Å²) in [4.78, 5) is 35.6. The van der Waals surface area contributed by atoms with Crippen LogP contribution in [0.3, 0.4) is 0 Å². The molecule has 2 aromatic rings. The first-order valence-electron chi connectivity index (χ1n) is 9.32. The smallest absolute Gasteiger partial charge is 0.321 e. The van der Waals surface area contributed by atoms with E-state index in [-0.39, 0.29) is 41.1 Å². The van der Waals surface area contributed by atoms with Gasteiger partial charge in [0, 0.05) is 18.2 Å². The fourth-order valence-electron chi connectivity index (χ4n) is 3.12. The number of para-hydroxylation sites is 1. The lowest BCUT2D eigenvalue weighted by Crippen LogP contribution is -2.57. The van der Waals surface area contributed by atoms with Crippen molar-refractivity contribution in [3.63, 3.8) is 0 Å². The van der Waals surface area contributed by atoms with Crippen LogP contribution in [-0.4, -0.2) is 39.8 Å². The van der Waals surface area contributed by atoms with Crippen molar-refractivity contribution in [1.29, 1.82) is 0 Å². The van der Waals surface area contributed by atoms with E-state index in [4.69, 9.17) is 4.42 Å². The monoisotopic (exact) mass is 417 g/mol. The number of aromatic nitrogens is 2. The van der Waals surface area contributed by atoms with Crippen LogP contribution >= 0.6 is 11.8 Å². The maximum atomic E-state index is 12.3. The number of nitrogens with one attached hydrogen (secondary N) is 3. The Bertz CT molecular complexity index is 929. The molecule has 1 aromatic heterocycles. The van der Waals surface area contributed by atoms with Crippen LogP contribution in [0.1, 0.15) is 30.9 Å². The Morgan fingerprint density at radius 2 is 2.10 bits per heavy atom. The second kappa shape index (κ2) is 9.08. The number of amides is 4. The Kier molecular flexibility index (Phi) is 6.53. The minimum absolute atomic E-state index is 0.121. The number of imide groups is 1. The highest BCUT2D eigenvalue weighted by Crippen LogP contribution is 2.23. The van der Waals surface area contributed by atoms with Gasteiger partial charge in [-0.2, -0.15) is 0 Å². The number of thioether (sulfide) groups is 1. The van der Waals surface area contributed by atoms with E-state index in [1.165, 1.54) is 0 Å². The number of aryl methyl sites for hydroxylation is 2. The number of anilines is 1. The molecule has 0 saturated carbocycles. The third-order valence-electron chi connectivity index (χ3n) is 4.71. The van der Waals surface area contributed by atoms with Crippen LogP contribution in [0.4, 0.5) is 10.5 Å². The zero-order valence-electron chi connectivity index (χ0n) is 16.4. The number of carbonyl (C=O) groups is 3. The topological polar surface area (TPSA) is 126 Å². The quantitative estimate of drug-likeness (QED) is 0.589. The van der Waals surface area contributed by atoms with Gasteiger partial charge >= 0.3 is 6.03 Å². The van der Waals surface area contributed by atoms with E-state index in [1.54, 1.807) is 6.92 Å². The van der Waals surface area contributed by atoms with Crippen molar-refractivity contribution in [1.82, 2.24) is 20.8 Å². The first-order valence-corrected chi connectivity index (χ1v) is 10.3. The second-order valence-electron chi connectivity index (χ2n) is 6.82. The summed E-state index contributed by atoms with van der Waals surface area (Å²) >= 11 is 1.13. The Morgan fingerprint density at radius 1 is 1.31 bits per heavy atom. The summed E-state index contributed by atoms with van der Waals surface area (Å²) in [5.41, 5.74) is 2.93. The van der Waals surface area contributed by atoms with Gasteiger partial charge in [-0.1, -0.05) is 36.9 Å². The molecular weight excluding hydrogens is 394 g/mol. The molecule has 3 rings (SSSR count). The van der Waals surface area contributed by atoms with E-state index in [9.17, 15) is 14.4 Å². The minimum atomic E-state index is -0.508. The molecule has 3 N–H and O–H groups in total. The summed E-state index contributed by atoms with van der Waals surface area (Å²) in [6.45, 7) is 5.74.